The minimum Gasteiger partial charge on any atom is -0.361 e. The SMILES string of the molecule is CCNC(=O)c1ccc(CN(C)C)cc1NC(=O)[C@H](NC(=O)N1CCC(c2ccccc2C)CC1)[C@H](C)c1c[nH]c2ccccc12. The number of aryl methyl sites for hydroxylation is 1. The zero-order valence-corrected chi connectivity index (χ0v) is 27.5. The first-order valence-corrected chi connectivity index (χ1v) is 16.2. The minimum atomic E-state index is -0.902. The van der Waals surface area contributed by atoms with Crippen molar-refractivity contribution >= 4 is 34.4 Å². The molecule has 2 atom stereocenters. The third-order valence-corrected chi connectivity index (χ3v) is 9.01. The summed E-state index contributed by atoms with van der Waals surface area (Å²) in [4.78, 5) is 48.2. The van der Waals surface area contributed by atoms with Crippen molar-refractivity contribution in [1.82, 2.24) is 25.4 Å². The Morgan fingerprint density at radius 1 is 1.00 bits per heavy atom. The number of carbonyl (C=O) groups is 3. The highest BCUT2D eigenvalue weighted by molar-refractivity contribution is 6.06. The Morgan fingerprint density at radius 2 is 1.72 bits per heavy atom. The van der Waals surface area contributed by atoms with E-state index in [4.69, 9.17) is 0 Å². The molecule has 4 aromatic rings. The van der Waals surface area contributed by atoms with Gasteiger partial charge >= 0.3 is 6.03 Å². The molecule has 46 heavy (non-hydrogen) atoms. The normalized spacial score (nSPS) is 15.0. The predicted octanol–water partition coefficient (Wildman–Crippen LogP) is 5.99. The van der Waals surface area contributed by atoms with Crippen LogP contribution in [0.25, 0.3) is 10.9 Å². The molecule has 1 aliphatic heterocycles. The molecule has 1 saturated heterocycles. The molecule has 0 unspecified atom stereocenters. The van der Waals surface area contributed by atoms with Gasteiger partial charge in [0.05, 0.1) is 11.3 Å². The second-order valence-electron chi connectivity index (χ2n) is 12.6. The van der Waals surface area contributed by atoms with Gasteiger partial charge in [0.15, 0.2) is 0 Å². The first kappa shape index (κ1) is 32.8. The summed E-state index contributed by atoms with van der Waals surface area (Å²) in [5.41, 5.74) is 6.25. The van der Waals surface area contributed by atoms with Gasteiger partial charge in [-0.25, -0.2) is 4.79 Å². The molecule has 0 radical (unpaired) electrons. The molecule has 1 aliphatic rings. The highest BCUT2D eigenvalue weighted by Gasteiger charge is 2.33. The molecule has 1 fully saturated rings. The van der Waals surface area contributed by atoms with Crippen LogP contribution in [0.15, 0.2) is 72.9 Å². The fourth-order valence-corrected chi connectivity index (χ4v) is 6.55. The highest BCUT2D eigenvalue weighted by atomic mass is 16.2. The van der Waals surface area contributed by atoms with Crippen molar-refractivity contribution in [1.29, 1.82) is 0 Å². The van der Waals surface area contributed by atoms with Gasteiger partial charge in [-0.1, -0.05) is 55.5 Å². The number of amides is 4. The number of para-hydroxylation sites is 1. The molecule has 5 rings (SSSR count). The summed E-state index contributed by atoms with van der Waals surface area (Å²) >= 11 is 0. The third-order valence-electron chi connectivity index (χ3n) is 9.01. The van der Waals surface area contributed by atoms with Crippen LogP contribution in [0.3, 0.4) is 0 Å². The molecular weight excluding hydrogens is 576 g/mol. The molecule has 0 bridgehead atoms. The number of hydrogen-bond donors (Lipinski definition) is 4. The number of nitrogens with zero attached hydrogens (tertiary/aromatic N) is 2. The third kappa shape index (κ3) is 7.42. The summed E-state index contributed by atoms with van der Waals surface area (Å²) in [6.07, 6.45) is 3.64. The molecule has 4 N–H and O–H groups in total. The molecule has 9 heteroatoms. The number of aromatic nitrogens is 1. The number of likely N-dealkylation sites (tertiary alicyclic amines) is 1. The number of carbonyl (C=O) groups excluding carboxylic acids is 3. The molecule has 4 amide bonds. The maximum Gasteiger partial charge on any atom is 0.318 e. The topological polar surface area (TPSA) is 110 Å². The predicted molar refractivity (Wildman–Crippen MR) is 184 cm³/mol. The summed E-state index contributed by atoms with van der Waals surface area (Å²) in [7, 11) is 3.93. The van der Waals surface area contributed by atoms with Crippen LogP contribution in [0.2, 0.25) is 0 Å². The van der Waals surface area contributed by atoms with E-state index in [1.165, 1.54) is 11.1 Å². The summed E-state index contributed by atoms with van der Waals surface area (Å²) in [6, 6.07) is 20.7. The Bertz CT molecular complexity index is 1690. The van der Waals surface area contributed by atoms with Crippen molar-refractivity contribution < 1.29 is 14.4 Å². The first-order valence-electron chi connectivity index (χ1n) is 16.2. The second kappa shape index (κ2) is 14.6. The van der Waals surface area contributed by atoms with Crippen LogP contribution in [0.5, 0.6) is 0 Å². The van der Waals surface area contributed by atoms with E-state index in [2.05, 4.69) is 52.1 Å². The van der Waals surface area contributed by atoms with Gasteiger partial charge in [0, 0.05) is 49.2 Å². The van der Waals surface area contributed by atoms with Gasteiger partial charge in [0.2, 0.25) is 5.91 Å². The van der Waals surface area contributed by atoms with Crippen LogP contribution >= 0.6 is 0 Å². The first-order chi connectivity index (χ1) is 22.2. The van der Waals surface area contributed by atoms with Gasteiger partial charge in [-0.3, -0.25) is 9.59 Å². The summed E-state index contributed by atoms with van der Waals surface area (Å²) in [5.74, 6) is -0.622. The number of rotatable bonds is 10. The van der Waals surface area contributed by atoms with E-state index in [1.807, 2.05) is 80.3 Å². The van der Waals surface area contributed by atoms with Gasteiger partial charge in [0.1, 0.15) is 6.04 Å². The van der Waals surface area contributed by atoms with Crippen molar-refractivity contribution in [2.75, 3.05) is 39.0 Å². The summed E-state index contributed by atoms with van der Waals surface area (Å²) in [6.45, 7) is 8.26. The molecule has 0 saturated carbocycles. The van der Waals surface area contributed by atoms with Crippen molar-refractivity contribution in [2.45, 2.75) is 58.0 Å². The average Bonchev–Trinajstić information content (AvgIpc) is 3.48. The standard InChI is InChI=1S/C37H46N6O3/c1-6-38-35(44)30-16-15-26(23-42(4)5)21-33(30)40-36(45)34(25(3)31-22-39-32-14-10-9-13-29(31)32)41-37(46)43-19-17-27(18-20-43)28-12-8-7-11-24(28)2/h7-16,21-22,25,27,34,39H,6,17-20,23H2,1-5H3,(H,38,44)(H,40,45)(H,41,46)/t25-,34-/m1/s1. The summed E-state index contributed by atoms with van der Waals surface area (Å²) < 4.78 is 0. The van der Waals surface area contributed by atoms with Gasteiger partial charge in [0.25, 0.3) is 5.91 Å². The number of aromatic amines is 1. The fraction of sp³-hybridized carbons (Fsp3) is 0.378. The number of hydrogen-bond acceptors (Lipinski definition) is 4. The van der Waals surface area contributed by atoms with Crippen LogP contribution in [-0.2, 0) is 11.3 Å². The zero-order chi connectivity index (χ0) is 32.8. The molecule has 0 spiro atoms. The lowest BCUT2D eigenvalue weighted by Gasteiger charge is -2.34. The van der Waals surface area contributed by atoms with Crippen molar-refractivity contribution in [3.8, 4) is 0 Å². The Balaban J connectivity index is 1.41. The summed E-state index contributed by atoms with van der Waals surface area (Å²) in [5, 5.41) is 9.97. The van der Waals surface area contributed by atoms with Gasteiger partial charge in [-0.05, 0) is 87.2 Å². The largest absolute Gasteiger partial charge is 0.361 e. The zero-order valence-electron chi connectivity index (χ0n) is 27.5. The van der Waals surface area contributed by atoms with Crippen LogP contribution in [0.4, 0.5) is 10.5 Å². The molecule has 1 aromatic heterocycles. The molecule has 242 valence electrons. The van der Waals surface area contributed by atoms with Crippen LogP contribution in [0, 0.1) is 6.92 Å². The maximum atomic E-state index is 14.2. The smallest absolute Gasteiger partial charge is 0.318 e. The lowest BCUT2D eigenvalue weighted by atomic mass is 9.87. The fourth-order valence-electron chi connectivity index (χ4n) is 6.55. The average molecular weight is 623 g/mol. The Morgan fingerprint density at radius 3 is 2.43 bits per heavy atom. The molecule has 3 aromatic carbocycles. The monoisotopic (exact) mass is 622 g/mol. The molecular formula is C37H46N6O3. The number of fused-ring (bicyclic) bond motifs is 1. The number of benzene rings is 3. The van der Waals surface area contributed by atoms with E-state index >= 15 is 0 Å². The van der Waals surface area contributed by atoms with E-state index < -0.39 is 6.04 Å². The number of anilines is 1. The van der Waals surface area contributed by atoms with E-state index in [0.29, 0.717) is 43.3 Å². The molecule has 9 nitrogen and oxygen atoms in total. The van der Waals surface area contributed by atoms with Crippen molar-refractivity contribution in [3.05, 3.63) is 101 Å². The Labute approximate surface area is 271 Å². The number of urea groups is 1. The van der Waals surface area contributed by atoms with E-state index in [0.717, 1.165) is 34.9 Å². The lowest BCUT2D eigenvalue weighted by molar-refractivity contribution is -0.118. The van der Waals surface area contributed by atoms with E-state index in [-0.39, 0.29) is 23.8 Å². The minimum absolute atomic E-state index is 0.264. The number of H-pyrrole nitrogens is 1. The van der Waals surface area contributed by atoms with Crippen LogP contribution < -0.4 is 16.0 Å². The number of piperidine rings is 1. The molecule has 0 aliphatic carbocycles. The lowest BCUT2D eigenvalue weighted by Crippen LogP contribution is -2.53. The van der Waals surface area contributed by atoms with Gasteiger partial charge in [-0.15, -0.1) is 0 Å². The Hall–Kier alpha value is -4.63. The van der Waals surface area contributed by atoms with Crippen molar-refractivity contribution in [2.24, 2.45) is 0 Å². The van der Waals surface area contributed by atoms with Crippen molar-refractivity contribution in [3.63, 3.8) is 0 Å². The van der Waals surface area contributed by atoms with Gasteiger partial charge < -0.3 is 30.7 Å². The Kier molecular flexibility index (Phi) is 10.4. The van der Waals surface area contributed by atoms with Gasteiger partial charge in [-0.2, -0.15) is 0 Å². The van der Waals surface area contributed by atoms with Crippen LogP contribution in [0.1, 0.15) is 71.1 Å². The van der Waals surface area contributed by atoms with Crippen LogP contribution in [-0.4, -0.2) is 72.4 Å². The van der Waals surface area contributed by atoms with E-state index in [1.54, 1.807) is 6.07 Å². The highest BCUT2D eigenvalue weighted by Crippen LogP contribution is 2.32. The van der Waals surface area contributed by atoms with E-state index in [9.17, 15) is 14.4 Å². The maximum absolute atomic E-state index is 14.2. The quantitative estimate of drug-likeness (QED) is 0.174. The number of nitrogens with one attached hydrogen (secondary N) is 4. The second-order valence-corrected chi connectivity index (χ2v) is 12.6. The molecule has 2 heterocycles.